The maximum atomic E-state index is 12.3. The van der Waals surface area contributed by atoms with E-state index in [9.17, 15) is 14.4 Å². The van der Waals surface area contributed by atoms with E-state index in [0.29, 0.717) is 16.9 Å². The number of amides is 2. The summed E-state index contributed by atoms with van der Waals surface area (Å²) >= 11 is 0. The number of carbonyl (C=O) groups is 2. The lowest BCUT2D eigenvalue weighted by atomic mass is 10.1. The van der Waals surface area contributed by atoms with Crippen LogP contribution in [0.2, 0.25) is 0 Å². The second-order valence-corrected chi connectivity index (χ2v) is 5.50. The third-order valence-corrected chi connectivity index (χ3v) is 3.92. The molecule has 2 N–H and O–H groups in total. The zero-order chi connectivity index (χ0) is 15.7. The van der Waals surface area contributed by atoms with Gasteiger partial charge in [-0.2, -0.15) is 0 Å². The van der Waals surface area contributed by atoms with Crippen LogP contribution in [0.15, 0.2) is 35.3 Å². The van der Waals surface area contributed by atoms with Crippen molar-refractivity contribution in [3.05, 3.63) is 46.2 Å². The molecular formula is C16H17N3O3. The van der Waals surface area contributed by atoms with Crippen molar-refractivity contribution in [2.45, 2.75) is 18.9 Å². The molecule has 3 rings (SSSR count). The highest BCUT2D eigenvalue weighted by atomic mass is 16.2. The summed E-state index contributed by atoms with van der Waals surface area (Å²) in [5.41, 5.74) is 0.351. The molecule has 0 saturated heterocycles. The van der Waals surface area contributed by atoms with E-state index in [-0.39, 0.29) is 23.4 Å². The van der Waals surface area contributed by atoms with Crippen molar-refractivity contribution >= 4 is 22.7 Å². The Morgan fingerprint density at radius 2 is 2.05 bits per heavy atom. The van der Waals surface area contributed by atoms with Crippen LogP contribution in [0.1, 0.15) is 23.2 Å². The van der Waals surface area contributed by atoms with Crippen LogP contribution in [-0.2, 0) is 4.79 Å². The standard InChI is InChI=1S/C16H17N3O3/c1-19(10-6-7-10)14(20)9-18-16(22)12-8-17-13-5-3-2-4-11(13)15(12)21/h2-5,8,10H,6-7,9H2,1H3,(H,17,21)(H,18,22). The van der Waals surface area contributed by atoms with Gasteiger partial charge in [-0.3, -0.25) is 14.4 Å². The van der Waals surface area contributed by atoms with Gasteiger partial charge in [0.05, 0.1) is 6.54 Å². The fourth-order valence-electron chi connectivity index (χ4n) is 2.38. The minimum Gasteiger partial charge on any atom is -0.360 e. The van der Waals surface area contributed by atoms with Gasteiger partial charge in [0.2, 0.25) is 11.3 Å². The number of carbonyl (C=O) groups excluding carboxylic acids is 2. The highest BCUT2D eigenvalue weighted by molar-refractivity contribution is 5.98. The van der Waals surface area contributed by atoms with Crippen LogP contribution in [0.25, 0.3) is 10.9 Å². The quantitative estimate of drug-likeness (QED) is 0.879. The fourth-order valence-corrected chi connectivity index (χ4v) is 2.38. The molecule has 114 valence electrons. The number of hydrogen-bond acceptors (Lipinski definition) is 3. The van der Waals surface area contributed by atoms with Crippen molar-refractivity contribution in [3.8, 4) is 0 Å². The summed E-state index contributed by atoms with van der Waals surface area (Å²) in [5.74, 6) is -0.683. The lowest BCUT2D eigenvalue weighted by molar-refractivity contribution is -0.129. The summed E-state index contributed by atoms with van der Waals surface area (Å²) in [6.45, 7) is -0.0991. The molecule has 0 atom stereocenters. The summed E-state index contributed by atoms with van der Waals surface area (Å²) < 4.78 is 0. The lowest BCUT2D eigenvalue weighted by Gasteiger charge is -2.16. The Balaban J connectivity index is 1.73. The predicted molar refractivity (Wildman–Crippen MR) is 82.7 cm³/mol. The Bertz CT molecular complexity index is 793. The second-order valence-electron chi connectivity index (χ2n) is 5.50. The number of H-pyrrole nitrogens is 1. The number of benzene rings is 1. The third kappa shape index (κ3) is 2.72. The number of nitrogens with zero attached hydrogens (tertiary/aromatic N) is 1. The summed E-state index contributed by atoms with van der Waals surface area (Å²) in [6.07, 6.45) is 3.41. The fraction of sp³-hybridized carbons (Fsp3) is 0.312. The first-order valence-corrected chi connectivity index (χ1v) is 7.22. The molecular weight excluding hydrogens is 282 g/mol. The molecule has 1 saturated carbocycles. The summed E-state index contributed by atoms with van der Waals surface area (Å²) in [6, 6.07) is 7.29. The van der Waals surface area contributed by atoms with E-state index in [1.165, 1.54) is 6.20 Å². The molecule has 6 heteroatoms. The highest BCUT2D eigenvalue weighted by Crippen LogP contribution is 2.25. The van der Waals surface area contributed by atoms with Crippen LogP contribution in [0.3, 0.4) is 0 Å². The molecule has 1 fully saturated rings. The first-order valence-electron chi connectivity index (χ1n) is 7.22. The van der Waals surface area contributed by atoms with E-state index in [2.05, 4.69) is 10.3 Å². The predicted octanol–water partition coefficient (Wildman–Crippen LogP) is 0.879. The molecule has 0 bridgehead atoms. The van der Waals surface area contributed by atoms with Gasteiger partial charge in [0.25, 0.3) is 5.91 Å². The topological polar surface area (TPSA) is 82.3 Å². The van der Waals surface area contributed by atoms with Gasteiger partial charge in [-0.15, -0.1) is 0 Å². The van der Waals surface area contributed by atoms with Crippen LogP contribution in [0.4, 0.5) is 0 Å². The van der Waals surface area contributed by atoms with Crippen molar-refractivity contribution in [1.82, 2.24) is 15.2 Å². The summed E-state index contributed by atoms with van der Waals surface area (Å²) in [5, 5.41) is 2.97. The number of fused-ring (bicyclic) bond motifs is 1. The second kappa shape index (κ2) is 5.63. The Kier molecular flexibility index (Phi) is 3.66. The average Bonchev–Trinajstić information content (AvgIpc) is 3.37. The third-order valence-electron chi connectivity index (χ3n) is 3.92. The lowest BCUT2D eigenvalue weighted by Crippen LogP contribution is -2.40. The molecule has 2 amide bonds. The molecule has 0 radical (unpaired) electrons. The number of pyridine rings is 1. The number of aromatic nitrogens is 1. The van der Waals surface area contributed by atoms with Gasteiger partial charge in [-0.25, -0.2) is 0 Å². The van der Waals surface area contributed by atoms with Crippen LogP contribution in [0, 0.1) is 0 Å². The number of hydrogen-bond donors (Lipinski definition) is 2. The molecule has 6 nitrogen and oxygen atoms in total. The maximum Gasteiger partial charge on any atom is 0.257 e. The molecule has 2 aromatic rings. The monoisotopic (exact) mass is 299 g/mol. The van der Waals surface area contributed by atoms with Crippen molar-refractivity contribution in [2.75, 3.05) is 13.6 Å². The Labute approximate surface area is 127 Å². The minimum absolute atomic E-state index is 0.0144. The van der Waals surface area contributed by atoms with Gasteiger partial charge in [0, 0.05) is 30.2 Å². The van der Waals surface area contributed by atoms with Gasteiger partial charge >= 0.3 is 0 Å². The number of rotatable bonds is 4. The van der Waals surface area contributed by atoms with Crippen molar-refractivity contribution in [1.29, 1.82) is 0 Å². The van der Waals surface area contributed by atoms with Crippen molar-refractivity contribution < 1.29 is 9.59 Å². The zero-order valence-electron chi connectivity index (χ0n) is 12.3. The molecule has 1 aliphatic rings. The van der Waals surface area contributed by atoms with Crippen molar-refractivity contribution in [2.24, 2.45) is 0 Å². The van der Waals surface area contributed by atoms with Crippen LogP contribution in [-0.4, -0.2) is 41.3 Å². The Hall–Kier alpha value is -2.63. The zero-order valence-corrected chi connectivity index (χ0v) is 12.3. The van der Waals surface area contributed by atoms with Crippen molar-refractivity contribution in [3.63, 3.8) is 0 Å². The van der Waals surface area contributed by atoms with E-state index in [4.69, 9.17) is 0 Å². The highest BCUT2D eigenvalue weighted by Gasteiger charge is 2.29. The maximum absolute atomic E-state index is 12.3. The van der Waals surface area contributed by atoms with Crippen LogP contribution >= 0.6 is 0 Å². The van der Waals surface area contributed by atoms with Gasteiger partial charge in [-0.05, 0) is 25.0 Å². The first kappa shape index (κ1) is 14.3. The van der Waals surface area contributed by atoms with E-state index in [1.54, 1.807) is 30.1 Å². The molecule has 1 aliphatic carbocycles. The van der Waals surface area contributed by atoms with Crippen LogP contribution < -0.4 is 10.7 Å². The average molecular weight is 299 g/mol. The SMILES string of the molecule is CN(C(=O)CNC(=O)c1c[nH]c2ccccc2c1=O)C1CC1. The molecule has 1 aromatic heterocycles. The van der Waals surface area contributed by atoms with E-state index < -0.39 is 5.91 Å². The van der Waals surface area contributed by atoms with Gasteiger partial charge < -0.3 is 15.2 Å². The summed E-state index contributed by atoms with van der Waals surface area (Å²) in [7, 11) is 1.73. The molecule has 1 heterocycles. The normalized spacial score (nSPS) is 13.9. The number of nitrogens with one attached hydrogen (secondary N) is 2. The van der Waals surface area contributed by atoms with Crippen LogP contribution in [0.5, 0.6) is 0 Å². The smallest absolute Gasteiger partial charge is 0.257 e. The molecule has 0 aliphatic heterocycles. The number of para-hydroxylation sites is 1. The van der Waals surface area contributed by atoms with Gasteiger partial charge in [-0.1, -0.05) is 12.1 Å². The Morgan fingerprint density at radius 1 is 1.32 bits per heavy atom. The molecule has 0 spiro atoms. The first-order chi connectivity index (χ1) is 10.6. The molecule has 1 aromatic carbocycles. The minimum atomic E-state index is -0.537. The van der Waals surface area contributed by atoms with E-state index >= 15 is 0 Å². The van der Waals surface area contributed by atoms with Gasteiger partial charge in [0.15, 0.2) is 0 Å². The van der Waals surface area contributed by atoms with E-state index in [0.717, 1.165) is 12.8 Å². The summed E-state index contributed by atoms with van der Waals surface area (Å²) in [4.78, 5) is 40.9. The molecule has 0 unspecified atom stereocenters. The number of likely N-dealkylation sites (N-methyl/N-ethyl adjacent to an activating group) is 1. The Morgan fingerprint density at radius 3 is 2.77 bits per heavy atom. The number of aromatic amines is 1. The molecule has 22 heavy (non-hydrogen) atoms. The largest absolute Gasteiger partial charge is 0.360 e. The van der Waals surface area contributed by atoms with E-state index in [1.807, 2.05) is 6.07 Å². The van der Waals surface area contributed by atoms with Gasteiger partial charge in [0.1, 0.15) is 5.56 Å².